The van der Waals surface area contributed by atoms with Crippen molar-refractivity contribution >= 4 is 10.8 Å². The van der Waals surface area contributed by atoms with E-state index in [1.807, 2.05) is 42.5 Å². The van der Waals surface area contributed by atoms with Crippen molar-refractivity contribution in [3.05, 3.63) is 48.0 Å². The van der Waals surface area contributed by atoms with Gasteiger partial charge < -0.3 is 10.2 Å². The predicted octanol–water partition coefficient (Wildman–Crippen LogP) is 2.82. The van der Waals surface area contributed by atoms with Gasteiger partial charge in [-0.15, -0.1) is 0 Å². The van der Waals surface area contributed by atoms with Crippen LogP contribution in [-0.4, -0.2) is 15.8 Å². The molecule has 1 unspecified atom stereocenters. The van der Waals surface area contributed by atoms with Gasteiger partial charge in [0.15, 0.2) is 0 Å². The highest BCUT2D eigenvalue weighted by Gasteiger charge is 2.21. The zero-order valence-corrected chi connectivity index (χ0v) is 11.4. The van der Waals surface area contributed by atoms with E-state index < -0.39 is 11.2 Å². The Balaban J connectivity index is 2.45. The molecule has 2 nitrogen and oxygen atoms in total. The van der Waals surface area contributed by atoms with Gasteiger partial charge in [0.25, 0.3) is 0 Å². The quantitative estimate of drug-likeness (QED) is 0.768. The SMILES string of the molecule is CC(C)(O)C#CC(C)(O)c1ccc2ccccc2c1. The summed E-state index contributed by atoms with van der Waals surface area (Å²) in [4.78, 5) is 0. The number of aliphatic hydroxyl groups is 2. The number of hydrogen-bond donors (Lipinski definition) is 2. The molecule has 2 heteroatoms. The summed E-state index contributed by atoms with van der Waals surface area (Å²) in [7, 11) is 0. The first-order chi connectivity index (χ1) is 8.78. The van der Waals surface area contributed by atoms with Crippen LogP contribution in [0.1, 0.15) is 26.3 Å². The van der Waals surface area contributed by atoms with Crippen LogP contribution >= 0.6 is 0 Å². The van der Waals surface area contributed by atoms with Crippen molar-refractivity contribution in [1.82, 2.24) is 0 Å². The van der Waals surface area contributed by atoms with Crippen LogP contribution in [0.25, 0.3) is 10.8 Å². The Labute approximate surface area is 113 Å². The molecule has 0 radical (unpaired) electrons. The molecule has 0 aliphatic carbocycles. The lowest BCUT2D eigenvalue weighted by molar-refractivity contribution is 0.116. The average Bonchev–Trinajstić information content (AvgIpc) is 2.35. The molecule has 2 N–H and O–H groups in total. The second kappa shape index (κ2) is 4.70. The van der Waals surface area contributed by atoms with Gasteiger partial charge in [-0.25, -0.2) is 0 Å². The topological polar surface area (TPSA) is 40.5 Å². The third kappa shape index (κ3) is 3.35. The third-order valence-electron chi connectivity index (χ3n) is 2.92. The standard InChI is InChI=1S/C17H18O2/c1-16(2,18)10-11-17(3,19)15-9-8-13-6-4-5-7-14(13)12-15/h4-9,12,18-19H,1-3H3. The molecule has 0 aromatic heterocycles. The lowest BCUT2D eigenvalue weighted by atomic mass is 9.93. The largest absolute Gasteiger partial charge is 0.378 e. The van der Waals surface area contributed by atoms with Crippen molar-refractivity contribution < 1.29 is 10.2 Å². The van der Waals surface area contributed by atoms with E-state index in [0.29, 0.717) is 0 Å². The molecule has 0 aliphatic heterocycles. The summed E-state index contributed by atoms with van der Waals surface area (Å²) in [6, 6.07) is 13.7. The molecule has 0 saturated carbocycles. The van der Waals surface area contributed by atoms with Gasteiger partial charge in [-0.1, -0.05) is 48.2 Å². The van der Waals surface area contributed by atoms with Crippen LogP contribution in [0.2, 0.25) is 0 Å². The number of fused-ring (bicyclic) bond motifs is 1. The van der Waals surface area contributed by atoms with Gasteiger partial charge >= 0.3 is 0 Å². The summed E-state index contributed by atoms with van der Waals surface area (Å²) in [6.45, 7) is 4.82. The smallest absolute Gasteiger partial charge is 0.148 e. The Kier molecular flexibility index (Phi) is 3.36. The minimum atomic E-state index is -1.27. The fourth-order valence-corrected chi connectivity index (χ4v) is 1.84. The van der Waals surface area contributed by atoms with Crippen molar-refractivity contribution in [2.45, 2.75) is 32.0 Å². The lowest BCUT2D eigenvalue weighted by Gasteiger charge is -2.18. The third-order valence-corrected chi connectivity index (χ3v) is 2.92. The summed E-state index contributed by atoms with van der Waals surface area (Å²) in [5.74, 6) is 5.40. The fraction of sp³-hybridized carbons (Fsp3) is 0.294. The van der Waals surface area contributed by atoms with Gasteiger partial charge in [-0.3, -0.25) is 0 Å². The molecule has 0 aliphatic rings. The van der Waals surface area contributed by atoms with Gasteiger partial charge in [0.2, 0.25) is 0 Å². The minimum Gasteiger partial charge on any atom is -0.378 e. The molecule has 0 saturated heterocycles. The van der Waals surface area contributed by atoms with Gasteiger partial charge in [-0.2, -0.15) is 0 Å². The van der Waals surface area contributed by atoms with E-state index in [-0.39, 0.29) is 0 Å². The Morgan fingerprint density at radius 2 is 1.47 bits per heavy atom. The average molecular weight is 254 g/mol. The molecule has 0 amide bonds. The van der Waals surface area contributed by atoms with Gasteiger partial charge in [0, 0.05) is 0 Å². The maximum atomic E-state index is 10.4. The lowest BCUT2D eigenvalue weighted by Crippen LogP contribution is -2.22. The van der Waals surface area contributed by atoms with Crippen molar-refractivity contribution in [2.75, 3.05) is 0 Å². The van der Waals surface area contributed by atoms with Gasteiger partial charge in [-0.05, 0) is 43.2 Å². The summed E-state index contributed by atoms with van der Waals surface area (Å²) in [5, 5.41) is 22.2. The van der Waals surface area contributed by atoms with E-state index in [9.17, 15) is 10.2 Å². The van der Waals surface area contributed by atoms with E-state index >= 15 is 0 Å². The molecule has 1 atom stereocenters. The van der Waals surface area contributed by atoms with Gasteiger partial charge in [0.05, 0.1) is 0 Å². The van der Waals surface area contributed by atoms with E-state index in [1.54, 1.807) is 20.8 Å². The highest BCUT2D eigenvalue weighted by Crippen LogP contribution is 2.24. The summed E-state index contributed by atoms with van der Waals surface area (Å²) in [6.07, 6.45) is 0. The molecule has 2 rings (SSSR count). The first kappa shape index (κ1) is 13.6. The van der Waals surface area contributed by atoms with Crippen LogP contribution in [0.5, 0.6) is 0 Å². The summed E-state index contributed by atoms with van der Waals surface area (Å²) in [5.41, 5.74) is -1.66. The van der Waals surface area contributed by atoms with Crippen LogP contribution in [0.15, 0.2) is 42.5 Å². The molecule has 0 spiro atoms. The predicted molar refractivity (Wildman–Crippen MR) is 77.6 cm³/mol. The summed E-state index contributed by atoms with van der Waals surface area (Å²) < 4.78 is 0. The van der Waals surface area contributed by atoms with Crippen LogP contribution in [-0.2, 0) is 5.60 Å². The number of benzene rings is 2. The highest BCUT2D eigenvalue weighted by molar-refractivity contribution is 5.83. The van der Waals surface area contributed by atoms with Crippen LogP contribution in [0.3, 0.4) is 0 Å². The molecule has 98 valence electrons. The van der Waals surface area contributed by atoms with Crippen molar-refractivity contribution in [1.29, 1.82) is 0 Å². The van der Waals surface area contributed by atoms with E-state index in [4.69, 9.17) is 0 Å². The zero-order valence-electron chi connectivity index (χ0n) is 11.4. The second-order valence-electron chi connectivity index (χ2n) is 5.44. The maximum Gasteiger partial charge on any atom is 0.148 e. The highest BCUT2D eigenvalue weighted by atomic mass is 16.3. The molecule has 19 heavy (non-hydrogen) atoms. The normalized spacial score (nSPS) is 14.6. The minimum absolute atomic E-state index is 0.725. The van der Waals surface area contributed by atoms with Crippen molar-refractivity contribution in [2.24, 2.45) is 0 Å². The van der Waals surface area contributed by atoms with Crippen molar-refractivity contribution in [3.8, 4) is 11.8 Å². The van der Waals surface area contributed by atoms with Gasteiger partial charge in [0.1, 0.15) is 11.2 Å². The monoisotopic (exact) mass is 254 g/mol. The number of rotatable bonds is 1. The molecule has 2 aromatic rings. The molecule has 0 heterocycles. The first-order valence-corrected chi connectivity index (χ1v) is 6.26. The molecular formula is C17H18O2. The Hall–Kier alpha value is -1.82. The molecule has 2 aromatic carbocycles. The van der Waals surface area contributed by atoms with E-state index in [0.717, 1.165) is 16.3 Å². The van der Waals surface area contributed by atoms with Crippen LogP contribution in [0.4, 0.5) is 0 Å². The summed E-state index contributed by atoms with van der Waals surface area (Å²) >= 11 is 0. The Morgan fingerprint density at radius 1 is 0.842 bits per heavy atom. The molecule has 0 bridgehead atoms. The Morgan fingerprint density at radius 3 is 2.11 bits per heavy atom. The first-order valence-electron chi connectivity index (χ1n) is 6.26. The Bertz CT molecular complexity index is 652. The van der Waals surface area contributed by atoms with Crippen LogP contribution in [0, 0.1) is 11.8 Å². The maximum absolute atomic E-state index is 10.4. The van der Waals surface area contributed by atoms with E-state index in [2.05, 4.69) is 11.8 Å². The molecule has 0 fully saturated rings. The van der Waals surface area contributed by atoms with Crippen molar-refractivity contribution in [3.63, 3.8) is 0 Å². The van der Waals surface area contributed by atoms with Crippen LogP contribution < -0.4 is 0 Å². The number of hydrogen-bond acceptors (Lipinski definition) is 2. The zero-order chi connectivity index (χ0) is 14.1. The molecular weight excluding hydrogens is 236 g/mol. The second-order valence-corrected chi connectivity index (χ2v) is 5.44. The fourth-order valence-electron chi connectivity index (χ4n) is 1.84. The van der Waals surface area contributed by atoms with E-state index in [1.165, 1.54) is 0 Å².